The molecule has 1 fully saturated rings. The summed E-state index contributed by atoms with van der Waals surface area (Å²) in [5, 5.41) is 3.67. The maximum absolute atomic E-state index is 12.6. The topological polar surface area (TPSA) is 61.9 Å². The first-order valence-corrected chi connectivity index (χ1v) is 10.3. The highest BCUT2D eigenvalue weighted by atomic mass is 32.1. The van der Waals surface area contributed by atoms with Gasteiger partial charge in [0, 0.05) is 31.1 Å². The number of amides is 1. The Labute approximate surface area is 159 Å². The number of nitrogens with one attached hydrogen (secondary N) is 1. The van der Waals surface area contributed by atoms with Crippen LogP contribution in [0.25, 0.3) is 0 Å². The summed E-state index contributed by atoms with van der Waals surface area (Å²) in [6.45, 7) is 7.82. The van der Waals surface area contributed by atoms with Crippen LogP contribution in [-0.2, 0) is 22.4 Å². The lowest BCUT2D eigenvalue weighted by molar-refractivity contribution is -0.117. The maximum atomic E-state index is 12.6. The maximum Gasteiger partial charge on any atom is 0.341 e. The smallest absolute Gasteiger partial charge is 0.341 e. The summed E-state index contributed by atoms with van der Waals surface area (Å²) in [5.74, 6) is -0.360. The SMILES string of the molecule is CC(C)OC(=O)c1c(NC(=O)CN2CCN(C)CC2)sc2c1CCCC2. The molecule has 1 saturated heterocycles. The van der Waals surface area contributed by atoms with Gasteiger partial charge in [0.15, 0.2) is 0 Å². The first kappa shape index (κ1) is 19.3. The van der Waals surface area contributed by atoms with Gasteiger partial charge in [0.05, 0.1) is 18.2 Å². The van der Waals surface area contributed by atoms with Gasteiger partial charge in [-0.05, 0) is 52.1 Å². The molecule has 1 aliphatic heterocycles. The summed E-state index contributed by atoms with van der Waals surface area (Å²) in [4.78, 5) is 30.8. The molecule has 1 aromatic rings. The fourth-order valence-electron chi connectivity index (χ4n) is 3.52. The van der Waals surface area contributed by atoms with Gasteiger partial charge >= 0.3 is 5.97 Å². The second-order valence-corrected chi connectivity index (χ2v) is 8.60. The molecule has 3 rings (SSSR count). The highest BCUT2D eigenvalue weighted by Crippen LogP contribution is 2.38. The molecule has 0 aromatic carbocycles. The molecule has 1 aliphatic carbocycles. The molecule has 0 radical (unpaired) electrons. The third-order valence-electron chi connectivity index (χ3n) is 4.93. The minimum Gasteiger partial charge on any atom is -0.459 e. The van der Waals surface area contributed by atoms with Crippen molar-refractivity contribution in [2.24, 2.45) is 0 Å². The summed E-state index contributed by atoms with van der Waals surface area (Å²) >= 11 is 1.55. The minimum atomic E-state index is -0.311. The van der Waals surface area contributed by atoms with Gasteiger partial charge in [-0.25, -0.2) is 4.79 Å². The average molecular weight is 380 g/mol. The second kappa shape index (κ2) is 8.50. The number of aryl methyl sites for hydroxylation is 1. The first-order chi connectivity index (χ1) is 12.4. The van der Waals surface area contributed by atoms with E-state index in [0.29, 0.717) is 17.1 Å². The van der Waals surface area contributed by atoms with Gasteiger partial charge in [-0.1, -0.05) is 0 Å². The number of likely N-dealkylation sites (N-methyl/N-ethyl adjacent to an activating group) is 1. The van der Waals surface area contributed by atoms with Crippen molar-refractivity contribution in [2.75, 3.05) is 45.1 Å². The molecule has 1 amide bonds. The lowest BCUT2D eigenvalue weighted by atomic mass is 9.95. The Hall–Kier alpha value is -1.44. The quantitative estimate of drug-likeness (QED) is 0.796. The van der Waals surface area contributed by atoms with Crippen molar-refractivity contribution >= 4 is 28.2 Å². The van der Waals surface area contributed by atoms with Crippen LogP contribution in [0.5, 0.6) is 0 Å². The normalized spacial score (nSPS) is 18.6. The van der Waals surface area contributed by atoms with Crippen LogP contribution in [0.4, 0.5) is 5.00 Å². The lowest BCUT2D eigenvalue weighted by Crippen LogP contribution is -2.47. The number of ether oxygens (including phenoxy) is 1. The van der Waals surface area contributed by atoms with Gasteiger partial charge < -0.3 is 15.0 Å². The number of esters is 1. The van der Waals surface area contributed by atoms with Crippen molar-refractivity contribution in [1.29, 1.82) is 0 Å². The molecule has 2 heterocycles. The fraction of sp³-hybridized carbons (Fsp3) is 0.684. The van der Waals surface area contributed by atoms with Gasteiger partial charge in [0.2, 0.25) is 5.91 Å². The van der Waals surface area contributed by atoms with Crippen molar-refractivity contribution in [3.05, 3.63) is 16.0 Å². The summed E-state index contributed by atoms with van der Waals surface area (Å²) in [6, 6.07) is 0. The number of piperazine rings is 1. The van der Waals surface area contributed by atoms with Crippen molar-refractivity contribution in [2.45, 2.75) is 45.6 Å². The number of thiophene rings is 1. The third-order valence-corrected chi connectivity index (χ3v) is 6.14. The molecule has 0 saturated carbocycles. The monoisotopic (exact) mass is 379 g/mol. The molecule has 26 heavy (non-hydrogen) atoms. The highest BCUT2D eigenvalue weighted by Gasteiger charge is 2.28. The number of carbonyl (C=O) groups is 2. The molecule has 6 nitrogen and oxygen atoms in total. The molecular weight excluding hydrogens is 350 g/mol. The van der Waals surface area contributed by atoms with E-state index in [1.807, 2.05) is 13.8 Å². The predicted octanol–water partition coefficient (Wildman–Crippen LogP) is 2.38. The highest BCUT2D eigenvalue weighted by molar-refractivity contribution is 7.17. The van der Waals surface area contributed by atoms with Gasteiger partial charge in [0.1, 0.15) is 5.00 Å². The van der Waals surface area contributed by atoms with E-state index in [1.54, 1.807) is 11.3 Å². The van der Waals surface area contributed by atoms with Gasteiger partial charge in [-0.3, -0.25) is 9.69 Å². The average Bonchev–Trinajstić information content (AvgIpc) is 2.94. The molecule has 0 atom stereocenters. The molecule has 1 aromatic heterocycles. The summed E-state index contributed by atoms with van der Waals surface area (Å²) in [6.07, 6.45) is 3.93. The van der Waals surface area contributed by atoms with E-state index in [2.05, 4.69) is 22.2 Å². The van der Waals surface area contributed by atoms with Crippen molar-refractivity contribution < 1.29 is 14.3 Å². The molecule has 2 aliphatic rings. The van der Waals surface area contributed by atoms with Crippen molar-refractivity contribution in [3.63, 3.8) is 0 Å². The molecule has 0 spiro atoms. The number of rotatable bonds is 5. The van der Waals surface area contributed by atoms with Crippen LogP contribution >= 0.6 is 11.3 Å². The Morgan fingerprint density at radius 3 is 2.54 bits per heavy atom. The van der Waals surface area contributed by atoms with E-state index in [4.69, 9.17) is 4.74 Å². The Morgan fingerprint density at radius 1 is 1.15 bits per heavy atom. The largest absolute Gasteiger partial charge is 0.459 e. The molecule has 1 N–H and O–H groups in total. The number of hydrogen-bond acceptors (Lipinski definition) is 6. The van der Waals surface area contributed by atoms with Crippen LogP contribution in [0.3, 0.4) is 0 Å². The lowest BCUT2D eigenvalue weighted by Gasteiger charge is -2.31. The van der Waals surface area contributed by atoms with E-state index < -0.39 is 0 Å². The standard InChI is InChI=1S/C19H29N3O3S/c1-13(2)25-19(24)17-14-6-4-5-7-15(14)26-18(17)20-16(23)12-22-10-8-21(3)9-11-22/h13H,4-12H2,1-3H3,(H,20,23). The zero-order valence-corrected chi connectivity index (χ0v) is 16.8. The van der Waals surface area contributed by atoms with Crippen molar-refractivity contribution in [1.82, 2.24) is 9.80 Å². The predicted molar refractivity (Wildman–Crippen MR) is 104 cm³/mol. The van der Waals surface area contributed by atoms with Gasteiger partial charge in [-0.15, -0.1) is 11.3 Å². The second-order valence-electron chi connectivity index (χ2n) is 7.50. The molecular formula is C19H29N3O3S. The van der Waals surface area contributed by atoms with Gasteiger partial charge in [0.25, 0.3) is 0 Å². The molecule has 7 heteroatoms. The van der Waals surface area contributed by atoms with E-state index in [-0.39, 0.29) is 18.0 Å². The molecule has 0 bridgehead atoms. The zero-order valence-electron chi connectivity index (χ0n) is 16.0. The Morgan fingerprint density at radius 2 is 1.85 bits per heavy atom. The minimum absolute atomic E-state index is 0.0493. The number of nitrogens with zero attached hydrogens (tertiary/aromatic N) is 2. The molecule has 0 unspecified atom stereocenters. The molecule has 144 valence electrons. The Balaban J connectivity index is 1.73. The number of hydrogen-bond donors (Lipinski definition) is 1. The van der Waals surface area contributed by atoms with E-state index in [9.17, 15) is 9.59 Å². The van der Waals surface area contributed by atoms with Crippen LogP contribution in [0.15, 0.2) is 0 Å². The number of anilines is 1. The first-order valence-electron chi connectivity index (χ1n) is 9.50. The van der Waals surface area contributed by atoms with Crippen molar-refractivity contribution in [3.8, 4) is 0 Å². The Bertz CT molecular complexity index is 663. The number of carbonyl (C=O) groups excluding carboxylic acids is 2. The van der Waals surface area contributed by atoms with Crippen LogP contribution in [-0.4, -0.2) is 67.6 Å². The summed E-state index contributed by atoms with van der Waals surface area (Å²) in [7, 11) is 2.10. The van der Waals surface area contributed by atoms with Crippen LogP contribution in [0, 0.1) is 0 Å². The zero-order chi connectivity index (χ0) is 18.7. The number of fused-ring (bicyclic) bond motifs is 1. The van der Waals surface area contributed by atoms with E-state index >= 15 is 0 Å². The van der Waals surface area contributed by atoms with E-state index in [0.717, 1.165) is 57.4 Å². The summed E-state index contributed by atoms with van der Waals surface area (Å²) < 4.78 is 5.45. The van der Waals surface area contributed by atoms with Gasteiger partial charge in [-0.2, -0.15) is 0 Å². The van der Waals surface area contributed by atoms with Crippen LogP contribution < -0.4 is 5.32 Å². The Kier molecular flexibility index (Phi) is 6.32. The van der Waals surface area contributed by atoms with E-state index in [1.165, 1.54) is 4.88 Å². The fourth-order valence-corrected chi connectivity index (χ4v) is 4.81. The third kappa shape index (κ3) is 4.64. The summed E-state index contributed by atoms with van der Waals surface area (Å²) in [5.41, 5.74) is 1.67. The van der Waals surface area contributed by atoms with Crippen LogP contribution in [0.2, 0.25) is 0 Å². The van der Waals surface area contributed by atoms with Crippen LogP contribution in [0.1, 0.15) is 47.5 Å².